The number of H-pyrrole nitrogens is 1. The fourth-order valence-corrected chi connectivity index (χ4v) is 2.70. The molecule has 0 spiro atoms. The van der Waals surface area contributed by atoms with Gasteiger partial charge >= 0.3 is 0 Å². The molecule has 2 aromatic rings. The van der Waals surface area contributed by atoms with Gasteiger partial charge in [-0.05, 0) is 18.6 Å². The number of aryl methyl sites for hydroxylation is 1. The van der Waals surface area contributed by atoms with Crippen molar-refractivity contribution in [2.45, 2.75) is 39.7 Å². The minimum atomic E-state index is 0.355. The van der Waals surface area contributed by atoms with Crippen molar-refractivity contribution in [3.8, 4) is 0 Å². The van der Waals surface area contributed by atoms with Crippen LogP contribution in [0.25, 0.3) is 0 Å². The third kappa shape index (κ3) is 2.63. The van der Waals surface area contributed by atoms with Gasteiger partial charge in [0.2, 0.25) is 0 Å². The SMILES string of the molecule is CCc1cnc(Cn2c(C(C)C)n[nH]c2=S)s1. The number of nitrogens with zero attached hydrogens (tertiary/aromatic N) is 3. The maximum atomic E-state index is 5.25. The van der Waals surface area contributed by atoms with Crippen LogP contribution in [-0.2, 0) is 13.0 Å². The Balaban J connectivity index is 2.29. The predicted molar refractivity (Wildman–Crippen MR) is 72.1 cm³/mol. The molecule has 2 heterocycles. The summed E-state index contributed by atoms with van der Waals surface area (Å²) < 4.78 is 2.69. The maximum absolute atomic E-state index is 5.25. The first kappa shape index (κ1) is 12.4. The Morgan fingerprint density at radius 3 is 2.88 bits per heavy atom. The summed E-state index contributed by atoms with van der Waals surface area (Å²) in [5, 5.41) is 8.20. The average Bonchev–Trinajstić information content (AvgIpc) is 2.87. The second kappa shape index (κ2) is 5.10. The van der Waals surface area contributed by atoms with E-state index in [1.54, 1.807) is 11.3 Å². The van der Waals surface area contributed by atoms with E-state index in [2.05, 4.69) is 36.0 Å². The second-order valence-electron chi connectivity index (χ2n) is 4.20. The lowest BCUT2D eigenvalue weighted by molar-refractivity contribution is 0.662. The molecule has 0 saturated heterocycles. The molecule has 6 heteroatoms. The van der Waals surface area contributed by atoms with E-state index in [1.807, 2.05) is 10.8 Å². The molecule has 0 aromatic carbocycles. The molecule has 2 rings (SSSR count). The van der Waals surface area contributed by atoms with Crippen LogP contribution in [0.1, 0.15) is 42.4 Å². The molecule has 1 N–H and O–H groups in total. The van der Waals surface area contributed by atoms with E-state index < -0.39 is 0 Å². The topological polar surface area (TPSA) is 46.5 Å². The minimum absolute atomic E-state index is 0.355. The van der Waals surface area contributed by atoms with E-state index in [4.69, 9.17) is 12.2 Å². The van der Waals surface area contributed by atoms with Gasteiger partial charge in [0, 0.05) is 17.0 Å². The third-order valence-electron chi connectivity index (χ3n) is 2.55. The molecule has 0 aliphatic rings. The van der Waals surface area contributed by atoms with E-state index in [0.717, 1.165) is 17.3 Å². The lowest BCUT2D eigenvalue weighted by Crippen LogP contribution is -2.06. The van der Waals surface area contributed by atoms with E-state index in [0.29, 0.717) is 17.2 Å². The van der Waals surface area contributed by atoms with Crippen LogP contribution in [0.3, 0.4) is 0 Å². The number of aromatic amines is 1. The molecule has 17 heavy (non-hydrogen) atoms. The van der Waals surface area contributed by atoms with Gasteiger partial charge in [-0.3, -0.25) is 9.67 Å². The zero-order chi connectivity index (χ0) is 12.4. The van der Waals surface area contributed by atoms with Crippen molar-refractivity contribution < 1.29 is 0 Å². The minimum Gasteiger partial charge on any atom is -0.297 e. The summed E-state index contributed by atoms with van der Waals surface area (Å²) in [6.45, 7) is 7.08. The molecular formula is C11H16N4S2. The molecule has 0 atom stereocenters. The van der Waals surface area contributed by atoms with Gasteiger partial charge in [-0.2, -0.15) is 5.10 Å². The zero-order valence-electron chi connectivity index (χ0n) is 10.2. The fraction of sp³-hybridized carbons (Fsp3) is 0.545. The van der Waals surface area contributed by atoms with Crippen LogP contribution in [0.4, 0.5) is 0 Å². The van der Waals surface area contributed by atoms with Crippen LogP contribution in [-0.4, -0.2) is 19.7 Å². The summed E-state index contributed by atoms with van der Waals surface area (Å²) in [7, 11) is 0. The highest BCUT2D eigenvalue weighted by atomic mass is 32.1. The van der Waals surface area contributed by atoms with Gasteiger partial charge in [0.25, 0.3) is 0 Å². The summed E-state index contributed by atoms with van der Waals surface area (Å²) in [5.41, 5.74) is 0. The van der Waals surface area contributed by atoms with Crippen LogP contribution in [0.5, 0.6) is 0 Å². The van der Waals surface area contributed by atoms with Crippen LogP contribution in [0.15, 0.2) is 6.20 Å². The van der Waals surface area contributed by atoms with E-state index in [1.165, 1.54) is 4.88 Å². The molecule has 0 saturated carbocycles. The van der Waals surface area contributed by atoms with Crippen molar-refractivity contribution in [3.05, 3.63) is 26.7 Å². The van der Waals surface area contributed by atoms with Gasteiger partial charge < -0.3 is 0 Å². The molecule has 0 fully saturated rings. The highest BCUT2D eigenvalue weighted by Gasteiger charge is 2.11. The van der Waals surface area contributed by atoms with Gasteiger partial charge in [0.15, 0.2) is 4.77 Å². The summed E-state index contributed by atoms with van der Waals surface area (Å²) in [6.07, 6.45) is 2.98. The molecule has 2 aromatic heterocycles. The molecule has 0 aliphatic heterocycles. The molecule has 4 nitrogen and oxygen atoms in total. The van der Waals surface area contributed by atoms with Gasteiger partial charge in [-0.25, -0.2) is 4.98 Å². The van der Waals surface area contributed by atoms with Crippen molar-refractivity contribution in [3.63, 3.8) is 0 Å². The lowest BCUT2D eigenvalue weighted by Gasteiger charge is -2.06. The molecule has 0 radical (unpaired) electrons. The van der Waals surface area contributed by atoms with Crippen LogP contribution >= 0.6 is 23.6 Å². The van der Waals surface area contributed by atoms with Crippen LogP contribution < -0.4 is 0 Å². The second-order valence-corrected chi connectivity index (χ2v) is 5.79. The van der Waals surface area contributed by atoms with Crippen molar-refractivity contribution in [1.29, 1.82) is 0 Å². The van der Waals surface area contributed by atoms with Crippen molar-refractivity contribution >= 4 is 23.6 Å². The number of thiazole rings is 1. The molecule has 0 bridgehead atoms. The number of hydrogen-bond donors (Lipinski definition) is 1. The zero-order valence-corrected chi connectivity index (χ0v) is 11.9. The standard InChI is InChI=1S/C11H16N4S2/c1-4-8-5-12-9(17-8)6-15-10(7(2)3)13-14-11(15)16/h5,7H,4,6H2,1-3H3,(H,14,16). The summed E-state index contributed by atoms with van der Waals surface area (Å²) in [5.74, 6) is 1.34. The maximum Gasteiger partial charge on any atom is 0.195 e. The molecular weight excluding hydrogens is 252 g/mol. The first-order valence-electron chi connectivity index (χ1n) is 5.70. The number of nitrogens with one attached hydrogen (secondary N) is 1. The highest BCUT2D eigenvalue weighted by Crippen LogP contribution is 2.18. The van der Waals surface area contributed by atoms with Gasteiger partial charge in [0.05, 0.1) is 6.54 Å². The van der Waals surface area contributed by atoms with Crippen LogP contribution in [0, 0.1) is 4.77 Å². The van der Waals surface area contributed by atoms with Gasteiger partial charge in [-0.15, -0.1) is 11.3 Å². The van der Waals surface area contributed by atoms with E-state index >= 15 is 0 Å². The summed E-state index contributed by atoms with van der Waals surface area (Å²) >= 11 is 6.99. The smallest absolute Gasteiger partial charge is 0.195 e. The summed E-state index contributed by atoms with van der Waals surface area (Å²) in [4.78, 5) is 5.72. The van der Waals surface area contributed by atoms with Crippen LogP contribution in [0.2, 0.25) is 0 Å². The first-order chi connectivity index (χ1) is 8.11. The Morgan fingerprint density at radius 1 is 1.53 bits per heavy atom. The Kier molecular flexibility index (Phi) is 3.73. The Morgan fingerprint density at radius 2 is 2.29 bits per heavy atom. The highest BCUT2D eigenvalue weighted by molar-refractivity contribution is 7.71. The molecule has 0 unspecified atom stereocenters. The largest absolute Gasteiger partial charge is 0.297 e. The average molecular weight is 268 g/mol. The molecule has 0 amide bonds. The predicted octanol–water partition coefficient (Wildman–Crippen LogP) is 3.13. The van der Waals surface area contributed by atoms with Crippen molar-refractivity contribution in [1.82, 2.24) is 19.7 Å². The van der Waals surface area contributed by atoms with E-state index in [9.17, 15) is 0 Å². The number of rotatable bonds is 4. The van der Waals surface area contributed by atoms with E-state index in [-0.39, 0.29) is 0 Å². The number of hydrogen-bond acceptors (Lipinski definition) is 4. The fourth-order valence-electron chi connectivity index (χ4n) is 1.64. The molecule has 92 valence electrons. The Labute approximate surface area is 110 Å². The number of aromatic nitrogens is 4. The first-order valence-corrected chi connectivity index (χ1v) is 6.93. The van der Waals surface area contributed by atoms with Gasteiger partial charge in [0.1, 0.15) is 10.8 Å². The summed E-state index contributed by atoms with van der Waals surface area (Å²) in [6, 6.07) is 0. The molecule has 0 aliphatic carbocycles. The van der Waals surface area contributed by atoms with Gasteiger partial charge in [-0.1, -0.05) is 20.8 Å². The Hall–Kier alpha value is -1.01. The lowest BCUT2D eigenvalue weighted by atomic mass is 10.2. The Bertz CT molecular complexity index is 550. The van der Waals surface area contributed by atoms with Crippen molar-refractivity contribution in [2.75, 3.05) is 0 Å². The quantitative estimate of drug-likeness (QED) is 0.867. The van der Waals surface area contributed by atoms with Crippen molar-refractivity contribution in [2.24, 2.45) is 0 Å². The normalized spacial score (nSPS) is 11.3. The monoisotopic (exact) mass is 268 g/mol. The third-order valence-corrected chi connectivity index (χ3v) is 3.99.